The Balaban J connectivity index is 1.84. The van der Waals surface area contributed by atoms with Crippen LogP contribution in [0.2, 0.25) is 0 Å². The highest BCUT2D eigenvalue weighted by atomic mass is 15.2. The first-order chi connectivity index (χ1) is 10.1. The number of hydrogen-bond donors (Lipinski definition) is 0. The van der Waals surface area contributed by atoms with E-state index in [9.17, 15) is 0 Å². The van der Waals surface area contributed by atoms with Crippen LogP contribution >= 0.6 is 0 Å². The van der Waals surface area contributed by atoms with Gasteiger partial charge in [-0.2, -0.15) is 0 Å². The smallest absolute Gasteiger partial charge is 0.0948 e. The first-order valence-electron chi connectivity index (χ1n) is 7.83. The fraction of sp³-hybridized carbons (Fsp3) is 0.529. The van der Waals surface area contributed by atoms with Crippen molar-refractivity contribution in [1.82, 2.24) is 19.4 Å². The summed E-state index contributed by atoms with van der Waals surface area (Å²) in [6.07, 6.45) is 6.21. The van der Waals surface area contributed by atoms with Gasteiger partial charge in [-0.15, -0.1) is 0 Å². The van der Waals surface area contributed by atoms with Crippen molar-refractivity contribution in [2.24, 2.45) is 7.05 Å². The monoisotopic (exact) mass is 284 g/mol. The predicted molar refractivity (Wildman–Crippen MR) is 85.1 cm³/mol. The quantitative estimate of drug-likeness (QED) is 0.868. The first kappa shape index (κ1) is 14.3. The molecule has 0 bridgehead atoms. The van der Waals surface area contributed by atoms with Gasteiger partial charge in [-0.3, -0.25) is 4.98 Å². The molecule has 2 aromatic rings. The van der Waals surface area contributed by atoms with Crippen molar-refractivity contribution in [3.8, 4) is 11.4 Å². The van der Waals surface area contributed by atoms with E-state index in [2.05, 4.69) is 41.9 Å². The first-order valence-corrected chi connectivity index (χ1v) is 7.83. The molecular weight excluding hydrogens is 260 g/mol. The number of pyridine rings is 1. The topological polar surface area (TPSA) is 34.0 Å². The molecule has 0 aromatic carbocycles. The average molecular weight is 284 g/mol. The van der Waals surface area contributed by atoms with Gasteiger partial charge in [0.05, 0.1) is 23.9 Å². The Morgan fingerprint density at radius 2 is 2.14 bits per heavy atom. The van der Waals surface area contributed by atoms with Gasteiger partial charge in [-0.1, -0.05) is 6.07 Å². The molecule has 112 valence electrons. The van der Waals surface area contributed by atoms with Crippen LogP contribution in [0.15, 0.2) is 30.7 Å². The van der Waals surface area contributed by atoms with E-state index in [4.69, 9.17) is 4.98 Å². The molecule has 1 aliphatic rings. The third kappa shape index (κ3) is 3.00. The average Bonchev–Trinajstić information content (AvgIpc) is 2.94. The molecule has 0 radical (unpaired) electrons. The second kappa shape index (κ2) is 5.98. The summed E-state index contributed by atoms with van der Waals surface area (Å²) in [5.74, 6) is 0.550. The molecule has 0 aliphatic carbocycles. The van der Waals surface area contributed by atoms with Gasteiger partial charge in [0.15, 0.2) is 0 Å². The van der Waals surface area contributed by atoms with Crippen LogP contribution < -0.4 is 0 Å². The van der Waals surface area contributed by atoms with E-state index in [0.29, 0.717) is 12.0 Å². The molecule has 1 unspecified atom stereocenters. The zero-order valence-corrected chi connectivity index (χ0v) is 13.2. The SMILES string of the molecule is CC(C)N1CCCC(c2cccc(-c3cncn3C)n2)C1. The summed E-state index contributed by atoms with van der Waals surface area (Å²) in [4.78, 5) is 11.7. The second-order valence-corrected chi connectivity index (χ2v) is 6.27. The molecule has 1 fully saturated rings. The Hall–Kier alpha value is -1.68. The van der Waals surface area contributed by atoms with Gasteiger partial charge in [-0.05, 0) is 45.4 Å². The number of hydrogen-bond acceptors (Lipinski definition) is 3. The van der Waals surface area contributed by atoms with Crippen LogP contribution in [0.25, 0.3) is 11.4 Å². The van der Waals surface area contributed by atoms with E-state index in [1.807, 2.05) is 24.1 Å². The Morgan fingerprint density at radius 1 is 1.29 bits per heavy atom. The highest BCUT2D eigenvalue weighted by Gasteiger charge is 2.24. The number of likely N-dealkylation sites (tertiary alicyclic amines) is 1. The van der Waals surface area contributed by atoms with Crippen molar-refractivity contribution in [2.75, 3.05) is 13.1 Å². The van der Waals surface area contributed by atoms with Gasteiger partial charge >= 0.3 is 0 Å². The summed E-state index contributed by atoms with van der Waals surface area (Å²) in [6, 6.07) is 6.99. The maximum Gasteiger partial charge on any atom is 0.0948 e. The van der Waals surface area contributed by atoms with Gasteiger partial charge in [0.25, 0.3) is 0 Å². The number of aromatic nitrogens is 3. The number of rotatable bonds is 3. The molecule has 0 spiro atoms. The van der Waals surface area contributed by atoms with Crippen LogP contribution in [0.1, 0.15) is 38.3 Å². The normalized spacial score (nSPS) is 20.1. The minimum Gasteiger partial charge on any atom is -0.332 e. The van der Waals surface area contributed by atoms with Gasteiger partial charge in [0, 0.05) is 31.2 Å². The Morgan fingerprint density at radius 3 is 2.86 bits per heavy atom. The largest absolute Gasteiger partial charge is 0.332 e. The lowest BCUT2D eigenvalue weighted by molar-refractivity contribution is 0.166. The van der Waals surface area contributed by atoms with Crippen LogP contribution in [-0.2, 0) is 7.05 Å². The molecule has 3 heterocycles. The third-order valence-corrected chi connectivity index (χ3v) is 4.45. The Bertz CT molecular complexity index is 602. The van der Waals surface area contributed by atoms with Crippen molar-refractivity contribution < 1.29 is 0 Å². The van der Waals surface area contributed by atoms with Crippen LogP contribution in [0.3, 0.4) is 0 Å². The highest BCUT2D eigenvalue weighted by Crippen LogP contribution is 2.28. The van der Waals surface area contributed by atoms with Gasteiger partial charge in [-0.25, -0.2) is 4.98 Å². The fourth-order valence-electron chi connectivity index (χ4n) is 3.14. The van der Waals surface area contributed by atoms with Gasteiger partial charge in [0.1, 0.15) is 0 Å². The molecule has 1 aliphatic heterocycles. The van der Waals surface area contributed by atoms with E-state index in [1.165, 1.54) is 25.1 Å². The Labute approximate surface area is 126 Å². The number of imidazole rings is 1. The molecule has 21 heavy (non-hydrogen) atoms. The zero-order valence-electron chi connectivity index (χ0n) is 13.2. The second-order valence-electron chi connectivity index (χ2n) is 6.27. The van der Waals surface area contributed by atoms with Crippen molar-refractivity contribution in [2.45, 2.75) is 38.6 Å². The standard InChI is InChI=1S/C17H24N4/c1-13(2)21-9-5-6-14(11-21)15-7-4-8-16(19-15)17-10-18-12-20(17)3/h4,7-8,10,12-14H,5-6,9,11H2,1-3H3. The van der Waals surface area contributed by atoms with Crippen molar-refractivity contribution in [3.05, 3.63) is 36.4 Å². The molecule has 4 heteroatoms. The molecule has 0 amide bonds. The highest BCUT2D eigenvalue weighted by molar-refractivity contribution is 5.53. The third-order valence-electron chi connectivity index (χ3n) is 4.45. The summed E-state index contributed by atoms with van der Waals surface area (Å²) in [5.41, 5.74) is 3.32. The number of nitrogens with zero attached hydrogens (tertiary/aromatic N) is 4. The van der Waals surface area contributed by atoms with Gasteiger partial charge < -0.3 is 9.47 Å². The molecule has 1 atom stereocenters. The molecule has 2 aromatic heterocycles. The summed E-state index contributed by atoms with van der Waals surface area (Å²) in [6.45, 7) is 6.90. The molecule has 1 saturated heterocycles. The number of aryl methyl sites for hydroxylation is 1. The lowest BCUT2D eigenvalue weighted by atomic mass is 9.93. The van der Waals surface area contributed by atoms with E-state index in [-0.39, 0.29) is 0 Å². The maximum atomic E-state index is 4.91. The lowest BCUT2D eigenvalue weighted by Gasteiger charge is -2.35. The maximum absolute atomic E-state index is 4.91. The summed E-state index contributed by atoms with van der Waals surface area (Å²) < 4.78 is 2.02. The van der Waals surface area contributed by atoms with E-state index in [1.54, 1.807) is 0 Å². The van der Waals surface area contributed by atoms with Crippen LogP contribution in [0.5, 0.6) is 0 Å². The van der Waals surface area contributed by atoms with E-state index < -0.39 is 0 Å². The summed E-state index contributed by atoms with van der Waals surface area (Å²) >= 11 is 0. The molecule has 4 nitrogen and oxygen atoms in total. The predicted octanol–water partition coefficient (Wildman–Crippen LogP) is 3.07. The van der Waals surface area contributed by atoms with Crippen molar-refractivity contribution in [3.63, 3.8) is 0 Å². The van der Waals surface area contributed by atoms with Crippen molar-refractivity contribution in [1.29, 1.82) is 0 Å². The molecular formula is C17H24N4. The lowest BCUT2D eigenvalue weighted by Crippen LogP contribution is -2.39. The van der Waals surface area contributed by atoms with Crippen LogP contribution in [0, 0.1) is 0 Å². The van der Waals surface area contributed by atoms with E-state index in [0.717, 1.165) is 17.9 Å². The zero-order chi connectivity index (χ0) is 14.8. The minimum absolute atomic E-state index is 0.550. The van der Waals surface area contributed by atoms with Gasteiger partial charge in [0.2, 0.25) is 0 Å². The van der Waals surface area contributed by atoms with E-state index >= 15 is 0 Å². The van der Waals surface area contributed by atoms with Crippen LogP contribution in [0.4, 0.5) is 0 Å². The Kier molecular flexibility index (Phi) is 4.06. The minimum atomic E-state index is 0.550. The molecule has 3 rings (SSSR count). The summed E-state index contributed by atoms with van der Waals surface area (Å²) in [5, 5.41) is 0. The number of piperidine rings is 1. The molecule has 0 saturated carbocycles. The summed E-state index contributed by atoms with van der Waals surface area (Å²) in [7, 11) is 2.01. The fourth-order valence-corrected chi connectivity index (χ4v) is 3.14. The van der Waals surface area contributed by atoms with Crippen LogP contribution in [-0.4, -0.2) is 38.6 Å². The molecule has 0 N–H and O–H groups in total. The van der Waals surface area contributed by atoms with Crippen molar-refractivity contribution >= 4 is 0 Å².